The van der Waals surface area contributed by atoms with Gasteiger partial charge in [0.1, 0.15) is 0 Å². The number of carboxylic acids is 1. The van der Waals surface area contributed by atoms with Crippen molar-refractivity contribution in [1.82, 2.24) is 0 Å². The van der Waals surface area contributed by atoms with Crippen molar-refractivity contribution < 1.29 is 34.6 Å². The first-order chi connectivity index (χ1) is 4.27. The first kappa shape index (κ1) is 16.7. The van der Waals surface area contributed by atoms with Crippen LogP contribution in [0.3, 0.4) is 0 Å². The Bertz CT molecular complexity index is 149. The molecule has 0 atom stereocenters. The molecule has 0 aromatic rings. The molecule has 0 saturated carbocycles. The summed E-state index contributed by atoms with van der Waals surface area (Å²) >= 11 is 0. The zero-order valence-electron chi connectivity index (χ0n) is 5.34. The highest BCUT2D eigenvalue weighted by atomic mass is 31.2. The fourth-order valence-electron chi connectivity index (χ4n) is 0. The summed E-state index contributed by atoms with van der Waals surface area (Å²) in [4.78, 5) is 30.8. The molecule has 0 unspecified atom stereocenters. The molecular weight excluding hydrogens is 179 g/mol. The van der Waals surface area contributed by atoms with Crippen molar-refractivity contribution in [2.75, 3.05) is 0 Å². The van der Waals surface area contributed by atoms with Gasteiger partial charge in [-0.15, -0.1) is 0 Å². The maximum Gasteiger partial charge on any atom is 0.466 e. The molecule has 7 nitrogen and oxygen atoms in total. The second-order valence-electron chi connectivity index (χ2n) is 1.06. The molecule has 0 amide bonds. The van der Waals surface area contributed by atoms with Crippen LogP contribution in [0.15, 0.2) is 12.7 Å². The monoisotopic (exact) mass is 188 g/mol. The topological polar surface area (TPSA) is 147 Å². The van der Waals surface area contributed by atoms with E-state index in [0.29, 0.717) is 0 Å². The van der Waals surface area contributed by atoms with Crippen molar-refractivity contribution in [2.24, 2.45) is 0 Å². The standard InChI is InChI=1S/C3H4O2.H3O4P.H2O/c1-2-3(4)5;1-5(2,3)4;/h2H,1H2,(H,4,5);(H3,1,2,3,4);1H2. The van der Waals surface area contributed by atoms with Crippen LogP contribution >= 0.6 is 7.82 Å². The second kappa shape index (κ2) is 7.39. The molecule has 0 saturated heterocycles. The zero-order chi connectivity index (χ0) is 8.78. The van der Waals surface area contributed by atoms with Gasteiger partial charge in [-0.25, -0.2) is 9.36 Å². The Hall–Kier alpha value is -0.720. The largest absolute Gasteiger partial charge is 0.478 e. The third-order valence-corrected chi connectivity index (χ3v) is 0.175. The van der Waals surface area contributed by atoms with Crippen LogP contribution in [-0.4, -0.2) is 31.2 Å². The lowest BCUT2D eigenvalue weighted by Gasteiger charge is -1.82. The maximum absolute atomic E-state index is 9.25. The summed E-state index contributed by atoms with van der Waals surface area (Å²) in [5, 5.41) is 7.60. The number of phosphoric acid groups is 1. The van der Waals surface area contributed by atoms with E-state index < -0.39 is 13.8 Å². The van der Waals surface area contributed by atoms with Crippen LogP contribution in [0, 0.1) is 0 Å². The Labute approximate surface area is 62.2 Å². The third-order valence-electron chi connectivity index (χ3n) is 0.175. The van der Waals surface area contributed by atoms with Crippen molar-refractivity contribution in [2.45, 2.75) is 0 Å². The van der Waals surface area contributed by atoms with E-state index in [1.807, 2.05) is 0 Å². The van der Waals surface area contributed by atoms with E-state index in [1.165, 1.54) is 0 Å². The molecule has 6 N–H and O–H groups in total. The Morgan fingerprint density at radius 1 is 1.36 bits per heavy atom. The highest BCUT2D eigenvalue weighted by Gasteiger charge is 2.00. The minimum Gasteiger partial charge on any atom is -0.478 e. The van der Waals surface area contributed by atoms with E-state index in [2.05, 4.69) is 6.58 Å². The molecule has 0 bridgehead atoms. The van der Waals surface area contributed by atoms with Crippen LogP contribution in [0.2, 0.25) is 0 Å². The van der Waals surface area contributed by atoms with Gasteiger partial charge < -0.3 is 25.3 Å². The minimum atomic E-state index is -4.64. The van der Waals surface area contributed by atoms with Gasteiger partial charge in [0.15, 0.2) is 0 Å². The maximum atomic E-state index is 9.25. The number of carbonyl (C=O) groups is 1. The van der Waals surface area contributed by atoms with Gasteiger partial charge in [0.2, 0.25) is 0 Å². The van der Waals surface area contributed by atoms with E-state index in [-0.39, 0.29) is 5.48 Å². The number of hydrogen-bond donors (Lipinski definition) is 4. The quantitative estimate of drug-likeness (QED) is 0.291. The summed E-state index contributed by atoms with van der Waals surface area (Å²) in [6.07, 6.45) is 0.833. The fourth-order valence-corrected chi connectivity index (χ4v) is 0. The summed E-state index contributed by atoms with van der Waals surface area (Å²) in [6.45, 7) is 2.96. The van der Waals surface area contributed by atoms with Crippen LogP contribution in [0.4, 0.5) is 0 Å². The first-order valence-electron chi connectivity index (χ1n) is 1.91. The number of rotatable bonds is 1. The summed E-state index contributed by atoms with van der Waals surface area (Å²) in [5.41, 5.74) is 0. The van der Waals surface area contributed by atoms with E-state index >= 15 is 0 Å². The average Bonchev–Trinajstić information content (AvgIpc) is 1.61. The van der Waals surface area contributed by atoms with Gasteiger partial charge in [-0.2, -0.15) is 0 Å². The summed E-state index contributed by atoms with van der Waals surface area (Å²) in [7, 11) is -4.64. The minimum absolute atomic E-state index is 0. The Morgan fingerprint density at radius 2 is 1.45 bits per heavy atom. The molecule has 8 heteroatoms. The van der Waals surface area contributed by atoms with E-state index in [4.69, 9.17) is 24.4 Å². The number of carboxylic acid groups (broad SMARTS) is 1. The molecule has 0 aliphatic rings. The van der Waals surface area contributed by atoms with Crippen LogP contribution in [0.25, 0.3) is 0 Å². The summed E-state index contributed by atoms with van der Waals surface area (Å²) in [6, 6.07) is 0. The zero-order valence-corrected chi connectivity index (χ0v) is 6.23. The second-order valence-corrected chi connectivity index (χ2v) is 2.08. The van der Waals surface area contributed by atoms with Gasteiger partial charge in [-0.1, -0.05) is 6.58 Å². The smallest absolute Gasteiger partial charge is 0.466 e. The van der Waals surface area contributed by atoms with Gasteiger partial charge in [-0.05, 0) is 0 Å². The van der Waals surface area contributed by atoms with Crippen LogP contribution < -0.4 is 0 Å². The van der Waals surface area contributed by atoms with Crippen molar-refractivity contribution in [3.05, 3.63) is 12.7 Å². The summed E-state index contributed by atoms with van der Waals surface area (Å²) < 4.78 is 8.88. The number of hydrogen-bond acceptors (Lipinski definition) is 2. The highest BCUT2D eigenvalue weighted by Crippen LogP contribution is 2.25. The molecule has 11 heavy (non-hydrogen) atoms. The molecule has 0 aliphatic carbocycles. The van der Waals surface area contributed by atoms with E-state index in [9.17, 15) is 4.79 Å². The lowest BCUT2D eigenvalue weighted by molar-refractivity contribution is -0.131. The first-order valence-corrected chi connectivity index (χ1v) is 3.47. The van der Waals surface area contributed by atoms with Crippen molar-refractivity contribution in [3.8, 4) is 0 Å². The lowest BCUT2D eigenvalue weighted by atomic mass is 10.7. The molecular formula is C3H9O7P. The molecule has 0 fully saturated rings. The van der Waals surface area contributed by atoms with Crippen LogP contribution in [0.1, 0.15) is 0 Å². The fraction of sp³-hybridized carbons (Fsp3) is 0. The SMILES string of the molecule is C=CC(=O)O.O.O=P(O)(O)O. The van der Waals surface area contributed by atoms with Crippen LogP contribution in [0.5, 0.6) is 0 Å². The van der Waals surface area contributed by atoms with E-state index in [0.717, 1.165) is 6.08 Å². The third kappa shape index (κ3) is 300. The van der Waals surface area contributed by atoms with Crippen molar-refractivity contribution >= 4 is 13.8 Å². The van der Waals surface area contributed by atoms with Crippen molar-refractivity contribution in [3.63, 3.8) is 0 Å². The van der Waals surface area contributed by atoms with Gasteiger partial charge in [0.25, 0.3) is 0 Å². The Morgan fingerprint density at radius 3 is 1.45 bits per heavy atom. The predicted molar refractivity (Wildman–Crippen MR) is 35.7 cm³/mol. The van der Waals surface area contributed by atoms with Gasteiger partial charge in [0.05, 0.1) is 0 Å². The molecule has 0 aromatic heterocycles. The van der Waals surface area contributed by atoms with Crippen LogP contribution in [-0.2, 0) is 9.36 Å². The molecule has 0 radical (unpaired) electrons. The summed E-state index contributed by atoms with van der Waals surface area (Å²) in [5.74, 6) is -0.981. The van der Waals surface area contributed by atoms with Gasteiger partial charge >= 0.3 is 13.8 Å². The number of aliphatic carboxylic acids is 1. The van der Waals surface area contributed by atoms with Gasteiger partial charge in [0, 0.05) is 6.08 Å². The molecule has 0 aromatic carbocycles. The molecule has 0 rings (SSSR count). The highest BCUT2D eigenvalue weighted by molar-refractivity contribution is 7.45. The molecule has 68 valence electrons. The lowest BCUT2D eigenvalue weighted by Crippen LogP contribution is -1.82. The van der Waals surface area contributed by atoms with Gasteiger partial charge in [-0.3, -0.25) is 0 Å². The normalized spacial score (nSPS) is 8.27. The Kier molecular flexibility index (Phi) is 11.2. The average molecular weight is 188 g/mol. The molecule has 0 heterocycles. The van der Waals surface area contributed by atoms with E-state index in [1.54, 1.807) is 0 Å². The van der Waals surface area contributed by atoms with Crippen molar-refractivity contribution in [1.29, 1.82) is 0 Å². The predicted octanol–water partition coefficient (Wildman–Crippen LogP) is -1.50. The Balaban J connectivity index is -0.000000107. The molecule has 0 aliphatic heterocycles. The molecule has 0 spiro atoms.